The van der Waals surface area contributed by atoms with Gasteiger partial charge in [-0.1, -0.05) is 18.2 Å². The molecular formula is C12H13N5O. The molecule has 2 aromatic rings. The minimum atomic E-state index is -0.112. The van der Waals surface area contributed by atoms with E-state index in [4.69, 9.17) is 5.73 Å². The number of hydrogen-bond donors (Lipinski definition) is 1. The third-order valence-electron chi connectivity index (χ3n) is 2.90. The number of nitrogens with zero attached hydrogens (tertiary/aromatic N) is 4. The van der Waals surface area contributed by atoms with Crippen molar-refractivity contribution in [1.29, 1.82) is 0 Å². The van der Waals surface area contributed by atoms with Crippen LogP contribution in [0.1, 0.15) is 10.5 Å². The number of nitrogens with two attached hydrogens (primary N) is 1. The maximum absolute atomic E-state index is 12.0. The van der Waals surface area contributed by atoms with Crippen LogP contribution >= 0.6 is 0 Å². The summed E-state index contributed by atoms with van der Waals surface area (Å²) in [4.78, 5) is 15.1. The first-order valence-corrected chi connectivity index (χ1v) is 5.76. The maximum atomic E-state index is 12.0. The summed E-state index contributed by atoms with van der Waals surface area (Å²) in [5.74, 6) is -0.112. The van der Waals surface area contributed by atoms with Gasteiger partial charge < -0.3 is 10.6 Å². The normalized spacial score (nSPS) is 15.5. The van der Waals surface area contributed by atoms with Crippen LogP contribution in [0.15, 0.2) is 36.5 Å². The lowest BCUT2D eigenvalue weighted by Gasteiger charge is -2.36. The summed E-state index contributed by atoms with van der Waals surface area (Å²) in [6.45, 7) is 1.19. The van der Waals surface area contributed by atoms with E-state index in [-0.39, 0.29) is 11.9 Å². The summed E-state index contributed by atoms with van der Waals surface area (Å²) in [7, 11) is 0. The van der Waals surface area contributed by atoms with Crippen molar-refractivity contribution in [2.75, 3.05) is 13.1 Å². The fourth-order valence-corrected chi connectivity index (χ4v) is 1.89. The zero-order valence-corrected chi connectivity index (χ0v) is 9.73. The van der Waals surface area contributed by atoms with Gasteiger partial charge in [-0.15, -0.1) is 5.10 Å². The second kappa shape index (κ2) is 4.23. The summed E-state index contributed by atoms with van der Waals surface area (Å²) < 4.78 is 0. The van der Waals surface area contributed by atoms with Crippen molar-refractivity contribution in [2.24, 2.45) is 5.73 Å². The summed E-state index contributed by atoms with van der Waals surface area (Å²) in [6.07, 6.45) is 1.49. The Morgan fingerprint density at radius 2 is 2.00 bits per heavy atom. The molecule has 1 saturated heterocycles. The molecule has 1 fully saturated rings. The van der Waals surface area contributed by atoms with E-state index in [1.54, 1.807) is 4.90 Å². The lowest BCUT2D eigenvalue weighted by molar-refractivity contribution is 0.0601. The van der Waals surface area contributed by atoms with Gasteiger partial charge >= 0.3 is 0 Å². The summed E-state index contributed by atoms with van der Waals surface area (Å²) >= 11 is 0. The van der Waals surface area contributed by atoms with Crippen LogP contribution in [0.3, 0.4) is 0 Å². The van der Waals surface area contributed by atoms with E-state index in [0.717, 1.165) is 5.69 Å². The van der Waals surface area contributed by atoms with E-state index in [0.29, 0.717) is 18.8 Å². The Bertz CT molecular complexity index is 559. The third kappa shape index (κ3) is 1.86. The molecule has 0 atom stereocenters. The smallest absolute Gasteiger partial charge is 0.276 e. The highest BCUT2D eigenvalue weighted by molar-refractivity contribution is 5.92. The van der Waals surface area contributed by atoms with Gasteiger partial charge in [0.05, 0.1) is 11.9 Å². The average Bonchev–Trinajstić information content (AvgIpc) is 2.85. The van der Waals surface area contributed by atoms with Crippen molar-refractivity contribution < 1.29 is 4.79 Å². The molecule has 2 N–H and O–H groups in total. The Balaban J connectivity index is 1.80. The second-order valence-corrected chi connectivity index (χ2v) is 4.33. The van der Waals surface area contributed by atoms with E-state index < -0.39 is 0 Å². The van der Waals surface area contributed by atoms with Crippen LogP contribution in [-0.2, 0) is 0 Å². The standard InChI is InChI=1S/C12H13N5O/c13-9-7-16(8-9)12(18)11-6-14-17(15-11)10-4-2-1-3-5-10/h1-6,9H,7-8,13H2. The van der Waals surface area contributed by atoms with Gasteiger partial charge in [0, 0.05) is 19.1 Å². The minimum Gasteiger partial charge on any atom is -0.334 e. The lowest BCUT2D eigenvalue weighted by atomic mass is 10.1. The SMILES string of the molecule is NC1CN(C(=O)c2cnn(-c3ccccc3)n2)C1. The third-order valence-corrected chi connectivity index (χ3v) is 2.90. The van der Waals surface area contributed by atoms with Crippen molar-refractivity contribution in [3.63, 3.8) is 0 Å². The quantitative estimate of drug-likeness (QED) is 0.808. The van der Waals surface area contributed by atoms with E-state index in [2.05, 4.69) is 10.2 Å². The van der Waals surface area contributed by atoms with Crippen molar-refractivity contribution in [1.82, 2.24) is 19.9 Å². The molecule has 0 saturated carbocycles. The molecule has 0 unspecified atom stereocenters. The van der Waals surface area contributed by atoms with Crippen LogP contribution in [0.5, 0.6) is 0 Å². The molecule has 1 aromatic carbocycles. The molecular weight excluding hydrogens is 230 g/mol. The molecule has 6 nitrogen and oxygen atoms in total. The molecule has 3 rings (SSSR count). The Morgan fingerprint density at radius 3 is 2.67 bits per heavy atom. The Kier molecular flexibility index (Phi) is 2.56. The summed E-state index contributed by atoms with van der Waals surface area (Å²) in [6, 6.07) is 9.57. The first-order chi connectivity index (χ1) is 8.74. The molecule has 1 amide bonds. The molecule has 1 aromatic heterocycles. The molecule has 0 radical (unpaired) electrons. The highest BCUT2D eigenvalue weighted by Gasteiger charge is 2.29. The van der Waals surface area contributed by atoms with Crippen molar-refractivity contribution in [3.05, 3.63) is 42.2 Å². The first kappa shape index (κ1) is 10.9. The highest BCUT2D eigenvalue weighted by atomic mass is 16.2. The first-order valence-electron chi connectivity index (χ1n) is 5.76. The fraction of sp³-hybridized carbons (Fsp3) is 0.250. The van der Waals surface area contributed by atoms with Gasteiger partial charge in [-0.25, -0.2) is 0 Å². The number of aromatic nitrogens is 3. The molecule has 6 heteroatoms. The predicted octanol–water partition coefficient (Wildman–Crippen LogP) is 0.0504. The number of carbonyl (C=O) groups is 1. The van der Waals surface area contributed by atoms with Gasteiger partial charge in [-0.3, -0.25) is 4.79 Å². The summed E-state index contributed by atoms with van der Waals surface area (Å²) in [5.41, 5.74) is 6.83. The number of carbonyl (C=O) groups excluding carboxylic acids is 1. The van der Waals surface area contributed by atoms with Crippen LogP contribution in [-0.4, -0.2) is 44.9 Å². The van der Waals surface area contributed by atoms with Crippen LogP contribution in [0.2, 0.25) is 0 Å². The number of rotatable bonds is 2. The summed E-state index contributed by atoms with van der Waals surface area (Å²) in [5, 5.41) is 8.28. The minimum absolute atomic E-state index is 0.0955. The van der Waals surface area contributed by atoms with Gasteiger partial charge in [0.1, 0.15) is 0 Å². The molecule has 0 spiro atoms. The van der Waals surface area contributed by atoms with Gasteiger partial charge in [-0.05, 0) is 12.1 Å². The van der Waals surface area contributed by atoms with Crippen LogP contribution in [0.25, 0.3) is 5.69 Å². The van der Waals surface area contributed by atoms with E-state index >= 15 is 0 Å². The monoisotopic (exact) mass is 243 g/mol. The van der Waals surface area contributed by atoms with Gasteiger partial charge in [0.15, 0.2) is 5.69 Å². The van der Waals surface area contributed by atoms with Crippen molar-refractivity contribution >= 4 is 5.91 Å². The number of para-hydroxylation sites is 1. The molecule has 18 heavy (non-hydrogen) atoms. The number of likely N-dealkylation sites (tertiary alicyclic amines) is 1. The number of hydrogen-bond acceptors (Lipinski definition) is 4. The Hall–Kier alpha value is -2.21. The van der Waals surface area contributed by atoms with E-state index in [1.807, 2.05) is 30.3 Å². The van der Waals surface area contributed by atoms with Crippen LogP contribution in [0.4, 0.5) is 0 Å². The van der Waals surface area contributed by atoms with Crippen molar-refractivity contribution in [2.45, 2.75) is 6.04 Å². The van der Waals surface area contributed by atoms with Gasteiger partial charge in [0.25, 0.3) is 5.91 Å². The lowest BCUT2D eigenvalue weighted by Crippen LogP contribution is -2.57. The van der Waals surface area contributed by atoms with E-state index in [9.17, 15) is 4.79 Å². The molecule has 0 bridgehead atoms. The van der Waals surface area contributed by atoms with Crippen LogP contribution in [0, 0.1) is 0 Å². The molecule has 0 aliphatic carbocycles. The number of amides is 1. The molecule has 1 aliphatic rings. The highest BCUT2D eigenvalue weighted by Crippen LogP contribution is 2.11. The van der Waals surface area contributed by atoms with Gasteiger partial charge in [0.2, 0.25) is 0 Å². The van der Waals surface area contributed by atoms with Crippen LogP contribution < -0.4 is 5.73 Å². The zero-order valence-electron chi connectivity index (χ0n) is 9.73. The Labute approximate surface area is 104 Å². The number of benzene rings is 1. The van der Waals surface area contributed by atoms with E-state index in [1.165, 1.54) is 11.0 Å². The average molecular weight is 243 g/mol. The fourth-order valence-electron chi connectivity index (χ4n) is 1.89. The largest absolute Gasteiger partial charge is 0.334 e. The molecule has 1 aliphatic heterocycles. The predicted molar refractivity (Wildman–Crippen MR) is 65.2 cm³/mol. The van der Waals surface area contributed by atoms with Gasteiger partial charge in [-0.2, -0.15) is 9.90 Å². The second-order valence-electron chi connectivity index (χ2n) is 4.33. The zero-order chi connectivity index (χ0) is 12.5. The maximum Gasteiger partial charge on any atom is 0.276 e. The van der Waals surface area contributed by atoms with Crippen molar-refractivity contribution in [3.8, 4) is 5.69 Å². The Morgan fingerprint density at radius 1 is 1.28 bits per heavy atom. The topological polar surface area (TPSA) is 77.0 Å². The molecule has 92 valence electrons. The molecule has 2 heterocycles.